The minimum absolute atomic E-state index is 0.624. The second kappa shape index (κ2) is 7.43. The molecule has 0 aliphatic heterocycles. The Morgan fingerprint density at radius 3 is 2.50 bits per heavy atom. The van der Waals surface area contributed by atoms with Crippen molar-refractivity contribution in [3.05, 3.63) is 16.4 Å². The molecule has 0 saturated carbocycles. The van der Waals surface area contributed by atoms with Gasteiger partial charge in [-0.3, -0.25) is 9.58 Å². The van der Waals surface area contributed by atoms with Crippen molar-refractivity contribution < 1.29 is 5.11 Å². The van der Waals surface area contributed by atoms with Crippen LogP contribution in [-0.4, -0.2) is 38.5 Å². The minimum Gasteiger partial charge on any atom is -0.389 e. The van der Waals surface area contributed by atoms with Crippen molar-refractivity contribution in [1.29, 1.82) is 0 Å². The van der Waals surface area contributed by atoms with E-state index in [-0.39, 0.29) is 0 Å². The van der Waals surface area contributed by atoms with E-state index in [1.165, 1.54) is 0 Å². The Morgan fingerprint density at radius 2 is 2.00 bits per heavy atom. The molecule has 0 amide bonds. The summed E-state index contributed by atoms with van der Waals surface area (Å²) < 4.78 is 1.90. The van der Waals surface area contributed by atoms with Gasteiger partial charge >= 0.3 is 0 Å². The van der Waals surface area contributed by atoms with Crippen LogP contribution < -0.4 is 0 Å². The lowest BCUT2D eigenvalue weighted by molar-refractivity contribution is 0.0353. The fourth-order valence-corrected chi connectivity index (χ4v) is 2.60. The normalized spacial score (nSPS) is 12.4. The van der Waals surface area contributed by atoms with Crippen LogP contribution in [0.3, 0.4) is 0 Å². The van der Waals surface area contributed by atoms with E-state index >= 15 is 0 Å². The van der Waals surface area contributed by atoms with E-state index in [9.17, 15) is 5.11 Å². The molecule has 0 bridgehead atoms. The summed E-state index contributed by atoms with van der Waals surface area (Å²) in [5.74, 6) is 0. The number of aryl methyl sites for hydroxylation is 2. The van der Waals surface area contributed by atoms with Crippen LogP contribution in [0.4, 0.5) is 0 Å². The Balaban J connectivity index is 2.82. The second-order valence-corrected chi connectivity index (χ2v) is 6.41. The van der Waals surface area contributed by atoms with Gasteiger partial charge in [-0.15, -0.1) is 0 Å². The summed E-state index contributed by atoms with van der Waals surface area (Å²) in [6.45, 7) is 13.0. The number of unbranched alkanes of at least 4 members (excludes halogenated alkanes) is 1. The van der Waals surface area contributed by atoms with Gasteiger partial charge in [0.25, 0.3) is 0 Å². The van der Waals surface area contributed by atoms with Crippen LogP contribution in [0, 0.1) is 6.92 Å². The van der Waals surface area contributed by atoms with Gasteiger partial charge in [0, 0.05) is 25.2 Å². The number of aromatic nitrogens is 2. The van der Waals surface area contributed by atoms with Gasteiger partial charge in [-0.2, -0.15) is 5.10 Å². The van der Waals surface area contributed by atoms with Crippen molar-refractivity contribution in [2.75, 3.05) is 13.1 Å². The maximum absolute atomic E-state index is 9.96. The molecule has 1 aromatic heterocycles. The lowest BCUT2D eigenvalue weighted by atomic mass is 10.1. The summed E-state index contributed by atoms with van der Waals surface area (Å²) in [5, 5.41) is 15.2. The lowest BCUT2D eigenvalue weighted by Gasteiger charge is -2.27. The SMILES string of the molecule is CCCCn1nc(C)c(CN(CC)CC(C)(C)O)c1Cl. The minimum atomic E-state index is -0.700. The largest absolute Gasteiger partial charge is 0.389 e. The van der Waals surface area contributed by atoms with Crippen molar-refractivity contribution in [3.63, 3.8) is 0 Å². The highest BCUT2D eigenvalue weighted by molar-refractivity contribution is 6.30. The summed E-state index contributed by atoms with van der Waals surface area (Å²) >= 11 is 6.45. The molecular weight excluding hydrogens is 274 g/mol. The summed E-state index contributed by atoms with van der Waals surface area (Å²) in [4.78, 5) is 2.19. The maximum Gasteiger partial charge on any atom is 0.131 e. The van der Waals surface area contributed by atoms with E-state index in [0.717, 1.165) is 48.9 Å². The topological polar surface area (TPSA) is 41.3 Å². The predicted molar refractivity (Wildman–Crippen MR) is 84.1 cm³/mol. The van der Waals surface area contributed by atoms with Crippen molar-refractivity contribution in [2.24, 2.45) is 0 Å². The zero-order chi connectivity index (χ0) is 15.3. The molecule has 20 heavy (non-hydrogen) atoms. The molecule has 1 N–H and O–H groups in total. The van der Waals surface area contributed by atoms with Crippen LogP contribution in [0.5, 0.6) is 0 Å². The number of rotatable bonds is 8. The Bertz CT molecular complexity index is 423. The number of aliphatic hydroxyl groups is 1. The first kappa shape index (κ1) is 17.5. The number of hydrogen-bond donors (Lipinski definition) is 1. The molecule has 0 unspecified atom stereocenters. The maximum atomic E-state index is 9.96. The summed E-state index contributed by atoms with van der Waals surface area (Å²) in [7, 11) is 0. The van der Waals surface area contributed by atoms with Crippen molar-refractivity contribution in [1.82, 2.24) is 14.7 Å². The third-order valence-corrected chi connectivity index (χ3v) is 3.77. The van der Waals surface area contributed by atoms with Crippen LogP contribution in [0.2, 0.25) is 5.15 Å². The van der Waals surface area contributed by atoms with Gasteiger partial charge in [-0.25, -0.2) is 0 Å². The van der Waals surface area contributed by atoms with Crippen LogP contribution in [0.15, 0.2) is 0 Å². The van der Waals surface area contributed by atoms with Crippen LogP contribution in [0.25, 0.3) is 0 Å². The van der Waals surface area contributed by atoms with E-state index in [1.54, 1.807) is 0 Å². The first-order valence-electron chi connectivity index (χ1n) is 7.45. The third kappa shape index (κ3) is 5.08. The second-order valence-electron chi connectivity index (χ2n) is 6.05. The Kier molecular flexibility index (Phi) is 6.49. The molecule has 0 aliphatic carbocycles. The summed E-state index contributed by atoms with van der Waals surface area (Å²) in [6, 6.07) is 0. The third-order valence-electron chi connectivity index (χ3n) is 3.35. The molecule has 0 spiro atoms. The standard InChI is InChI=1S/C15H28ClN3O/c1-6-8-9-19-14(16)13(12(3)17-19)10-18(7-2)11-15(4,5)20/h20H,6-11H2,1-5H3. The molecule has 116 valence electrons. The van der Waals surface area contributed by atoms with Crippen molar-refractivity contribution in [3.8, 4) is 0 Å². The highest BCUT2D eigenvalue weighted by atomic mass is 35.5. The van der Waals surface area contributed by atoms with Gasteiger partial charge in [-0.05, 0) is 33.7 Å². The van der Waals surface area contributed by atoms with Gasteiger partial charge in [0.2, 0.25) is 0 Å². The average Bonchev–Trinajstić information content (AvgIpc) is 2.61. The first-order chi connectivity index (χ1) is 9.28. The van der Waals surface area contributed by atoms with E-state index < -0.39 is 5.60 Å². The molecular formula is C15H28ClN3O. The van der Waals surface area contributed by atoms with E-state index in [0.29, 0.717) is 6.54 Å². The average molecular weight is 302 g/mol. The molecule has 1 aromatic rings. The summed E-state index contributed by atoms with van der Waals surface area (Å²) in [5.41, 5.74) is 1.36. The highest BCUT2D eigenvalue weighted by Gasteiger charge is 2.21. The fraction of sp³-hybridized carbons (Fsp3) is 0.800. The number of hydrogen-bond acceptors (Lipinski definition) is 3. The predicted octanol–water partition coefficient (Wildman–Crippen LogP) is 3.24. The molecule has 5 heteroatoms. The molecule has 0 fully saturated rings. The number of likely N-dealkylation sites (N-methyl/N-ethyl adjacent to an activating group) is 1. The zero-order valence-corrected chi connectivity index (χ0v) is 14.2. The molecule has 4 nitrogen and oxygen atoms in total. The van der Waals surface area contributed by atoms with E-state index in [1.807, 2.05) is 25.5 Å². The number of halogens is 1. The van der Waals surface area contributed by atoms with E-state index in [4.69, 9.17) is 11.6 Å². The van der Waals surface area contributed by atoms with Gasteiger partial charge in [0.15, 0.2) is 0 Å². The smallest absolute Gasteiger partial charge is 0.131 e. The first-order valence-corrected chi connectivity index (χ1v) is 7.82. The van der Waals surface area contributed by atoms with E-state index in [2.05, 4.69) is 23.8 Å². The van der Waals surface area contributed by atoms with Crippen LogP contribution in [0.1, 0.15) is 51.8 Å². The lowest BCUT2D eigenvalue weighted by Crippen LogP contribution is -2.38. The monoisotopic (exact) mass is 301 g/mol. The molecule has 0 atom stereocenters. The van der Waals surface area contributed by atoms with Gasteiger partial charge in [-0.1, -0.05) is 31.9 Å². The van der Waals surface area contributed by atoms with Gasteiger partial charge in [0.05, 0.1) is 11.3 Å². The molecule has 0 aromatic carbocycles. The quantitative estimate of drug-likeness (QED) is 0.801. The Hall–Kier alpha value is -0.580. The molecule has 0 radical (unpaired) electrons. The Morgan fingerprint density at radius 1 is 1.35 bits per heavy atom. The molecule has 0 aliphatic rings. The highest BCUT2D eigenvalue weighted by Crippen LogP contribution is 2.22. The summed E-state index contributed by atoms with van der Waals surface area (Å²) in [6.07, 6.45) is 2.21. The van der Waals surface area contributed by atoms with Crippen molar-refractivity contribution >= 4 is 11.6 Å². The molecule has 0 saturated heterocycles. The van der Waals surface area contributed by atoms with Gasteiger partial charge < -0.3 is 5.11 Å². The van der Waals surface area contributed by atoms with Crippen LogP contribution >= 0.6 is 11.6 Å². The number of nitrogens with zero attached hydrogens (tertiary/aromatic N) is 3. The zero-order valence-electron chi connectivity index (χ0n) is 13.4. The molecule has 1 rings (SSSR count). The fourth-order valence-electron chi connectivity index (χ4n) is 2.28. The Labute approximate surface area is 127 Å². The van der Waals surface area contributed by atoms with Gasteiger partial charge in [0.1, 0.15) is 5.15 Å². The van der Waals surface area contributed by atoms with Crippen molar-refractivity contribution in [2.45, 2.75) is 66.2 Å². The van der Waals surface area contributed by atoms with Crippen LogP contribution in [-0.2, 0) is 13.1 Å². The molecule has 1 heterocycles.